The van der Waals surface area contributed by atoms with Crippen LogP contribution >= 0.6 is 0 Å². The van der Waals surface area contributed by atoms with E-state index in [0.717, 1.165) is 28.7 Å². The maximum absolute atomic E-state index is 12.9. The highest BCUT2D eigenvalue weighted by Gasteiger charge is 2.30. The quantitative estimate of drug-likeness (QED) is 0.681. The molecule has 0 atom stereocenters. The average Bonchev–Trinajstić information content (AvgIpc) is 2.69. The third-order valence-corrected chi connectivity index (χ3v) is 3.95. The van der Waals surface area contributed by atoms with Gasteiger partial charge in [0, 0.05) is 29.2 Å². The molecule has 5 heteroatoms. The summed E-state index contributed by atoms with van der Waals surface area (Å²) in [6.07, 6.45) is -4.38. The summed E-state index contributed by atoms with van der Waals surface area (Å²) < 4.78 is 40.7. The second-order valence-corrected chi connectivity index (χ2v) is 5.30. The molecule has 0 fully saturated rings. The van der Waals surface area contributed by atoms with Crippen LogP contribution in [0.15, 0.2) is 42.5 Å². The summed E-state index contributed by atoms with van der Waals surface area (Å²) in [7, 11) is 1.85. The minimum Gasteiger partial charge on any atom is -0.508 e. The molecule has 2 nitrogen and oxygen atoms in total. The molecule has 1 heterocycles. The van der Waals surface area contributed by atoms with Crippen molar-refractivity contribution in [2.75, 3.05) is 0 Å². The summed E-state index contributed by atoms with van der Waals surface area (Å²) in [4.78, 5) is 0. The van der Waals surface area contributed by atoms with Gasteiger partial charge < -0.3 is 9.67 Å². The van der Waals surface area contributed by atoms with Crippen LogP contribution in [0, 0.1) is 6.92 Å². The molecular weight excluding hydrogens is 291 g/mol. The molecule has 1 N–H and O–H groups in total. The molecule has 0 saturated heterocycles. The van der Waals surface area contributed by atoms with Gasteiger partial charge in [0.1, 0.15) is 5.75 Å². The van der Waals surface area contributed by atoms with Crippen molar-refractivity contribution in [1.82, 2.24) is 4.57 Å². The summed E-state index contributed by atoms with van der Waals surface area (Å²) in [5.74, 6) is 0.0892. The second-order valence-electron chi connectivity index (χ2n) is 5.30. The molecule has 114 valence electrons. The molecule has 0 amide bonds. The van der Waals surface area contributed by atoms with Gasteiger partial charge in [-0.15, -0.1) is 0 Å². The van der Waals surface area contributed by atoms with Gasteiger partial charge in [-0.2, -0.15) is 13.2 Å². The molecule has 0 aliphatic carbocycles. The van der Waals surface area contributed by atoms with E-state index in [0.29, 0.717) is 11.1 Å². The van der Waals surface area contributed by atoms with Crippen molar-refractivity contribution in [1.29, 1.82) is 0 Å². The number of nitrogens with zero attached hydrogens (tertiary/aromatic N) is 1. The zero-order valence-corrected chi connectivity index (χ0v) is 12.1. The summed E-state index contributed by atoms with van der Waals surface area (Å²) >= 11 is 0. The van der Waals surface area contributed by atoms with Crippen LogP contribution in [0.5, 0.6) is 5.75 Å². The van der Waals surface area contributed by atoms with Gasteiger partial charge in [-0.1, -0.05) is 12.1 Å². The molecule has 0 unspecified atom stereocenters. The van der Waals surface area contributed by atoms with E-state index in [9.17, 15) is 18.3 Å². The maximum Gasteiger partial charge on any atom is 0.416 e. The lowest BCUT2D eigenvalue weighted by atomic mass is 10.00. The van der Waals surface area contributed by atoms with Crippen LogP contribution in [0.4, 0.5) is 13.2 Å². The standard InChI is InChI=1S/C17H14F3NO/c1-10-16(11-4-3-5-12(8-11)17(18,19)20)14-9-13(22)6-7-15(14)21(10)2/h3-9,22H,1-2H3. The van der Waals surface area contributed by atoms with Crippen LogP contribution in [-0.2, 0) is 13.2 Å². The molecular formula is C17H14F3NO. The summed E-state index contributed by atoms with van der Waals surface area (Å²) in [6, 6.07) is 10.2. The van der Waals surface area contributed by atoms with Gasteiger partial charge in [-0.05, 0) is 42.8 Å². The molecule has 0 aliphatic heterocycles. The van der Waals surface area contributed by atoms with Crippen LogP contribution in [-0.4, -0.2) is 9.67 Å². The first-order valence-corrected chi connectivity index (χ1v) is 6.74. The molecule has 0 aliphatic rings. The minimum absolute atomic E-state index is 0.0892. The van der Waals surface area contributed by atoms with E-state index in [2.05, 4.69) is 0 Å². The number of phenolic OH excluding ortho intramolecular Hbond substituents is 1. The molecule has 0 saturated carbocycles. The lowest BCUT2D eigenvalue weighted by molar-refractivity contribution is -0.137. The van der Waals surface area contributed by atoms with Gasteiger partial charge in [-0.3, -0.25) is 0 Å². The zero-order valence-electron chi connectivity index (χ0n) is 12.1. The number of alkyl halides is 3. The maximum atomic E-state index is 12.9. The van der Waals surface area contributed by atoms with Crippen LogP contribution in [0.2, 0.25) is 0 Å². The summed E-state index contributed by atoms with van der Waals surface area (Å²) in [6.45, 7) is 1.85. The van der Waals surface area contributed by atoms with E-state index >= 15 is 0 Å². The van der Waals surface area contributed by atoms with Crippen LogP contribution < -0.4 is 0 Å². The Hall–Kier alpha value is -2.43. The fourth-order valence-electron chi connectivity index (χ4n) is 2.78. The normalized spacial score (nSPS) is 12.0. The Bertz CT molecular complexity index is 862. The van der Waals surface area contributed by atoms with E-state index in [1.165, 1.54) is 6.07 Å². The van der Waals surface area contributed by atoms with Gasteiger partial charge in [0.25, 0.3) is 0 Å². The molecule has 0 spiro atoms. The minimum atomic E-state index is -4.38. The highest BCUT2D eigenvalue weighted by atomic mass is 19.4. The second kappa shape index (κ2) is 4.80. The Morgan fingerprint density at radius 3 is 2.45 bits per heavy atom. The first-order valence-electron chi connectivity index (χ1n) is 6.74. The van der Waals surface area contributed by atoms with Crippen molar-refractivity contribution in [3.63, 3.8) is 0 Å². The number of aryl methyl sites for hydroxylation is 1. The van der Waals surface area contributed by atoms with Gasteiger partial charge in [-0.25, -0.2) is 0 Å². The number of hydrogen-bond acceptors (Lipinski definition) is 1. The van der Waals surface area contributed by atoms with Gasteiger partial charge >= 0.3 is 6.18 Å². The first kappa shape index (κ1) is 14.5. The number of phenols is 1. The topological polar surface area (TPSA) is 25.2 Å². The number of halogens is 3. The lowest BCUT2D eigenvalue weighted by Gasteiger charge is -2.09. The molecule has 3 aromatic rings. The van der Waals surface area contributed by atoms with Crippen LogP contribution in [0.25, 0.3) is 22.0 Å². The smallest absolute Gasteiger partial charge is 0.416 e. The predicted molar refractivity (Wildman–Crippen MR) is 79.8 cm³/mol. The highest BCUT2D eigenvalue weighted by Crippen LogP contribution is 2.38. The third-order valence-electron chi connectivity index (χ3n) is 3.95. The zero-order chi connectivity index (χ0) is 16.1. The highest BCUT2D eigenvalue weighted by molar-refractivity contribution is 5.98. The van der Waals surface area contributed by atoms with E-state index < -0.39 is 11.7 Å². The Morgan fingerprint density at radius 1 is 1.05 bits per heavy atom. The Morgan fingerprint density at radius 2 is 1.77 bits per heavy atom. The fraction of sp³-hybridized carbons (Fsp3) is 0.176. The number of rotatable bonds is 1. The van der Waals surface area contributed by atoms with E-state index in [1.807, 2.05) is 18.5 Å². The Balaban J connectivity index is 2.31. The van der Waals surface area contributed by atoms with Crippen molar-refractivity contribution in [3.05, 3.63) is 53.7 Å². The average molecular weight is 305 g/mol. The monoisotopic (exact) mass is 305 g/mol. The Kier molecular flexibility index (Phi) is 3.16. The van der Waals surface area contributed by atoms with E-state index in [1.54, 1.807) is 24.3 Å². The van der Waals surface area contributed by atoms with Crippen molar-refractivity contribution < 1.29 is 18.3 Å². The number of benzene rings is 2. The molecule has 3 rings (SSSR count). The number of aromatic hydroxyl groups is 1. The van der Waals surface area contributed by atoms with E-state index in [-0.39, 0.29) is 5.75 Å². The Labute approximate surface area is 125 Å². The summed E-state index contributed by atoms with van der Waals surface area (Å²) in [5.41, 5.74) is 2.23. The van der Waals surface area contributed by atoms with Gasteiger partial charge in [0.2, 0.25) is 0 Å². The number of aromatic nitrogens is 1. The van der Waals surface area contributed by atoms with Crippen molar-refractivity contribution in [2.45, 2.75) is 13.1 Å². The molecule has 1 aromatic heterocycles. The number of fused-ring (bicyclic) bond motifs is 1. The predicted octanol–water partition coefficient (Wildman–Crippen LogP) is 4.88. The third kappa shape index (κ3) is 2.22. The van der Waals surface area contributed by atoms with Crippen LogP contribution in [0.1, 0.15) is 11.3 Å². The van der Waals surface area contributed by atoms with Gasteiger partial charge in [0.05, 0.1) is 5.56 Å². The SMILES string of the molecule is Cc1c(-c2cccc(C(F)(F)F)c2)c2cc(O)ccc2n1C. The molecule has 22 heavy (non-hydrogen) atoms. The van der Waals surface area contributed by atoms with Gasteiger partial charge in [0.15, 0.2) is 0 Å². The lowest BCUT2D eigenvalue weighted by Crippen LogP contribution is -2.04. The number of hydrogen-bond donors (Lipinski definition) is 1. The van der Waals surface area contributed by atoms with Crippen molar-refractivity contribution in [3.8, 4) is 16.9 Å². The summed E-state index contributed by atoms with van der Waals surface area (Å²) in [5, 5.41) is 10.4. The fourth-order valence-corrected chi connectivity index (χ4v) is 2.78. The van der Waals surface area contributed by atoms with E-state index in [4.69, 9.17) is 0 Å². The van der Waals surface area contributed by atoms with Crippen LogP contribution in [0.3, 0.4) is 0 Å². The van der Waals surface area contributed by atoms with Crippen molar-refractivity contribution >= 4 is 10.9 Å². The first-order chi connectivity index (χ1) is 10.3. The molecule has 0 radical (unpaired) electrons. The largest absolute Gasteiger partial charge is 0.508 e. The molecule has 0 bridgehead atoms. The van der Waals surface area contributed by atoms with Crippen molar-refractivity contribution in [2.24, 2.45) is 7.05 Å². The molecule has 2 aromatic carbocycles.